The second-order valence-electron chi connectivity index (χ2n) is 4.68. The molecule has 3 aromatic rings. The third kappa shape index (κ3) is 2.36. The molecule has 0 aliphatic rings. The van der Waals surface area contributed by atoms with E-state index in [0.717, 1.165) is 10.1 Å². The molecule has 21 heavy (non-hydrogen) atoms. The monoisotopic (exact) mass is 300 g/mol. The molecule has 5 heteroatoms. The Labute approximate surface area is 125 Å². The van der Waals surface area contributed by atoms with Crippen LogP contribution in [0, 0.1) is 5.82 Å². The van der Waals surface area contributed by atoms with E-state index in [1.54, 1.807) is 19.2 Å². The van der Waals surface area contributed by atoms with Crippen molar-refractivity contribution in [2.45, 2.75) is 0 Å². The number of nitrogen functional groups attached to an aromatic ring is 1. The molecule has 0 saturated carbocycles. The number of amides is 1. The third-order valence-corrected chi connectivity index (χ3v) is 4.52. The fourth-order valence-corrected chi connectivity index (χ4v) is 3.26. The first-order valence-electron chi connectivity index (χ1n) is 6.38. The van der Waals surface area contributed by atoms with Crippen LogP contribution in [-0.4, -0.2) is 13.0 Å². The van der Waals surface area contributed by atoms with Crippen molar-refractivity contribution in [2.24, 2.45) is 0 Å². The van der Waals surface area contributed by atoms with Crippen LogP contribution >= 0.6 is 11.3 Å². The van der Waals surface area contributed by atoms with Gasteiger partial charge in [0.1, 0.15) is 10.7 Å². The standard InChI is InChI=1S/C16H13FN2OS/c1-19(11-8-6-10(17)7-9-11)16(20)15-14(18)12-4-2-3-5-13(12)21-15/h2-9H,18H2,1H3. The predicted octanol–water partition coefficient (Wildman–Crippen LogP) is 3.90. The summed E-state index contributed by atoms with van der Waals surface area (Å²) in [6.07, 6.45) is 0. The minimum Gasteiger partial charge on any atom is -0.397 e. The fourth-order valence-electron chi connectivity index (χ4n) is 2.16. The Hall–Kier alpha value is -2.40. The molecule has 0 atom stereocenters. The van der Waals surface area contributed by atoms with E-state index in [-0.39, 0.29) is 11.7 Å². The molecule has 0 radical (unpaired) electrons. The number of fused-ring (bicyclic) bond motifs is 1. The van der Waals surface area contributed by atoms with E-state index < -0.39 is 0 Å². The number of rotatable bonds is 2. The molecule has 2 N–H and O–H groups in total. The molecule has 1 amide bonds. The molecule has 0 saturated heterocycles. The van der Waals surface area contributed by atoms with Gasteiger partial charge in [-0.3, -0.25) is 4.79 Å². The summed E-state index contributed by atoms with van der Waals surface area (Å²) in [6, 6.07) is 13.4. The first-order chi connectivity index (χ1) is 10.1. The van der Waals surface area contributed by atoms with Gasteiger partial charge in [0.15, 0.2) is 0 Å². The average molecular weight is 300 g/mol. The van der Waals surface area contributed by atoms with E-state index in [4.69, 9.17) is 5.73 Å². The molecule has 0 spiro atoms. The highest BCUT2D eigenvalue weighted by Gasteiger charge is 2.20. The summed E-state index contributed by atoms with van der Waals surface area (Å²) in [5.74, 6) is -0.527. The highest BCUT2D eigenvalue weighted by atomic mass is 32.1. The third-order valence-electron chi connectivity index (χ3n) is 3.35. The molecule has 3 rings (SSSR count). The summed E-state index contributed by atoms with van der Waals surface area (Å²) >= 11 is 1.37. The molecule has 106 valence electrons. The Morgan fingerprint density at radius 2 is 1.81 bits per heavy atom. The number of halogens is 1. The van der Waals surface area contributed by atoms with Crippen LogP contribution in [0.15, 0.2) is 48.5 Å². The lowest BCUT2D eigenvalue weighted by atomic mass is 10.2. The molecule has 2 aromatic carbocycles. The molecule has 1 heterocycles. The van der Waals surface area contributed by atoms with Gasteiger partial charge in [0.05, 0.1) is 5.69 Å². The molecular formula is C16H13FN2OS. The van der Waals surface area contributed by atoms with Crippen LogP contribution in [0.1, 0.15) is 9.67 Å². The maximum Gasteiger partial charge on any atom is 0.270 e. The highest BCUT2D eigenvalue weighted by Crippen LogP contribution is 2.34. The molecular weight excluding hydrogens is 287 g/mol. The van der Waals surface area contributed by atoms with E-state index in [9.17, 15) is 9.18 Å². The smallest absolute Gasteiger partial charge is 0.270 e. The van der Waals surface area contributed by atoms with Crippen molar-refractivity contribution in [1.82, 2.24) is 0 Å². The Balaban J connectivity index is 2.00. The first kappa shape index (κ1) is 13.6. The van der Waals surface area contributed by atoms with Crippen molar-refractivity contribution in [3.8, 4) is 0 Å². The summed E-state index contributed by atoms with van der Waals surface area (Å²) in [5, 5.41) is 0.887. The Morgan fingerprint density at radius 1 is 1.14 bits per heavy atom. The Bertz CT molecular complexity index is 811. The van der Waals surface area contributed by atoms with Crippen molar-refractivity contribution in [3.05, 3.63) is 59.2 Å². The number of nitrogens with two attached hydrogens (primary N) is 1. The minimum atomic E-state index is -0.332. The van der Waals surface area contributed by atoms with E-state index in [0.29, 0.717) is 16.3 Å². The van der Waals surface area contributed by atoms with Gasteiger partial charge in [-0.15, -0.1) is 11.3 Å². The number of nitrogens with zero attached hydrogens (tertiary/aromatic N) is 1. The van der Waals surface area contributed by atoms with Crippen molar-refractivity contribution in [2.75, 3.05) is 17.7 Å². The number of hydrogen-bond donors (Lipinski definition) is 1. The second kappa shape index (κ2) is 5.18. The van der Waals surface area contributed by atoms with Crippen molar-refractivity contribution in [3.63, 3.8) is 0 Å². The lowest BCUT2D eigenvalue weighted by Gasteiger charge is -2.16. The summed E-state index contributed by atoms with van der Waals surface area (Å²) in [7, 11) is 1.65. The molecule has 1 aromatic heterocycles. The SMILES string of the molecule is CN(C(=O)c1sc2ccccc2c1N)c1ccc(F)cc1. The van der Waals surface area contributed by atoms with Crippen LogP contribution in [0.25, 0.3) is 10.1 Å². The quantitative estimate of drug-likeness (QED) is 0.780. The largest absolute Gasteiger partial charge is 0.397 e. The van der Waals surface area contributed by atoms with E-state index in [1.807, 2.05) is 24.3 Å². The second-order valence-corrected chi connectivity index (χ2v) is 5.73. The summed E-state index contributed by atoms with van der Waals surface area (Å²) < 4.78 is 13.9. The zero-order valence-corrected chi connectivity index (χ0v) is 12.2. The molecule has 0 fully saturated rings. The minimum absolute atomic E-state index is 0.194. The molecule has 0 unspecified atom stereocenters. The number of hydrogen-bond acceptors (Lipinski definition) is 3. The predicted molar refractivity (Wildman–Crippen MR) is 85.4 cm³/mol. The fraction of sp³-hybridized carbons (Fsp3) is 0.0625. The Kier molecular flexibility index (Phi) is 3.35. The van der Waals surface area contributed by atoms with Crippen LogP contribution in [0.5, 0.6) is 0 Å². The van der Waals surface area contributed by atoms with Crippen LogP contribution < -0.4 is 10.6 Å². The van der Waals surface area contributed by atoms with Gasteiger partial charge in [-0.25, -0.2) is 4.39 Å². The van der Waals surface area contributed by atoms with Crippen LogP contribution in [0.4, 0.5) is 15.8 Å². The van der Waals surface area contributed by atoms with E-state index in [2.05, 4.69) is 0 Å². The maximum absolute atomic E-state index is 13.0. The van der Waals surface area contributed by atoms with Crippen LogP contribution in [0.3, 0.4) is 0 Å². The molecule has 0 aliphatic carbocycles. The molecule has 0 bridgehead atoms. The van der Waals surface area contributed by atoms with Gasteiger partial charge < -0.3 is 10.6 Å². The van der Waals surface area contributed by atoms with Crippen molar-refractivity contribution >= 4 is 38.7 Å². The van der Waals surface area contributed by atoms with Gasteiger partial charge in [-0.2, -0.15) is 0 Å². The van der Waals surface area contributed by atoms with Gasteiger partial charge >= 0.3 is 0 Å². The zero-order valence-electron chi connectivity index (χ0n) is 11.3. The van der Waals surface area contributed by atoms with Crippen molar-refractivity contribution < 1.29 is 9.18 Å². The number of carbonyl (C=O) groups excluding carboxylic acids is 1. The Morgan fingerprint density at radius 3 is 2.48 bits per heavy atom. The number of thiophene rings is 1. The van der Waals surface area contributed by atoms with Crippen LogP contribution in [-0.2, 0) is 0 Å². The number of anilines is 2. The van der Waals surface area contributed by atoms with Gasteiger partial charge in [0.25, 0.3) is 5.91 Å². The number of carbonyl (C=O) groups is 1. The summed E-state index contributed by atoms with van der Waals surface area (Å²) in [4.78, 5) is 14.6. The molecule has 3 nitrogen and oxygen atoms in total. The lowest BCUT2D eigenvalue weighted by molar-refractivity contribution is 0.0997. The zero-order chi connectivity index (χ0) is 15.0. The summed E-state index contributed by atoms with van der Waals surface area (Å²) in [6.45, 7) is 0. The van der Waals surface area contributed by atoms with E-state index in [1.165, 1.54) is 28.4 Å². The van der Waals surface area contributed by atoms with Gasteiger partial charge in [0.2, 0.25) is 0 Å². The lowest BCUT2D eigenvalue weighted by Crippen LogP contribution is -2.26. The van der Waals surface area contributed by atoms with Gasteiger partial charge in [0, 0.05) is 22.8 Å². The average Bonchev–Trinajstić information content (AvgIpc) is 2.84. The van der Waals surface area contributed by atoms with Crippen molar-refractivity contribution in [1.29, 1.82) is 0 Å². The summed E-state index contributed by atoms with van der Waals surface area (Å²) in [5.41, 5.74) is 7.20. The topological polar surface area (TPSA) is 46.3 Å². The maximum atomic E-state index is 13.0. The normalized spacial score (nSPS) is 10.8. The highest BCUT2D eigenvalue weighted by molar-refractivity contribution is 7.21. The molecule has 0 aliphatic heterocycles. The van der Waals surface area contributed by atoms with Gasteiger partial charge in [-0.1, -0.05) is 18.2 Å². The van der Waals surface area contributed by atoms with Gasteiger partial charge in [-0.05, 0) is 30.3 Å². The van der Waals surface area contributed by atoms with Crippen LogP contribution in [0.2, 0.25) is 0 Å². The van der Waals surface area contributed by atoms with E-state index >= 15 is 0 Å². The number of benzene rings is 2. The first-order valence-corrected chi connectivity index (χ1v) is 7.20.